The van der Waals surface area contributed by atoms with Gasteiger partial charge in [0, 0.05) is 42.7 Å². The van der Waals surface area contributed by atoms with Crippen LogP contribution in [0.2, 0.25) is 0 Å². The Morgan fingerprint density at radius 1 is 1.50 bits per heavy atom. The van der Waals surface area contributed by atoms with E-state index in [1.54, 1.807) is 19.2 Å². The van der Waals surface area contributed by atoms with Crippen molar-refractivity contribution in [2.24, 2.45) is 11.7 Å². The number of aryl methyl sites for hydroxylation is 1. The Labute approximate surface area is 146 Å². The molecule has 3 rings (SSSR count). The number of piperidine rings is 1. The number of nitrogens with zero attached hydrogens (tertiary/aromatic N) is 3. The number of H-pyrrole nitrogens is 1. The highest BCUT2D eigenvalue weighted by molar-refractivity contribution is 5.85. The van der Waals surface area contributed by atoms with Gasteiger partial charge in [0.05, 0.1) is 6.42 Å². The third-order valence-electron chi connectivity index (χ3n) is 4.74. The lowest BCUT2D eigenvalue weighted by Crippen LogP contribution is -2.50. The zero-order chi connectivity index (χ0) is 16.6. The van der Waals surface area contributed by atoms with E-state index < -0.39 is 0 Å². The van der Waals surface area contributed by atoms with E-state index in [-0.39, 0.29) is 36.3 Å². The van der Waals surface area contributed by atoms with Crippen molar-refractivity contribution in [3.05, 3.63) is 33.9 Å². The minimum Gasteiger partial charge on any atom is -0.338 e. The highest BCUT2D eigenvalue weighted by atomic mass is 35.5. The number of carbonyl (C=O) groups excluding carboxylic acids is 1. The predicted octanol–water partition coefficient (Wildman–Crippen LogP) is 0.881. The molecular weight excluding hydrogens is 330 g/mol. The lowest BCUT2D eigenvalue weighted by Gasteiger charge is -2.38. The number of likely N-dealkylation sites (tertiary alicyclic amines) is 1. The van der Waals surface area contributed by atoms with Crippen LogP contribution >= 0.6 is 12.4 Å². The van der Waals surface area contributed by atoms with Crippen LogP contribution in [-0.2, 0) is 11.2 Å². The minimum atomic E-state index is -0.208. The van der Waals surface area contributed by atoms with Crippen molar-refractivity contribution < 1.29 is 4.79 Å². The second-order valence-electron chi connectivity index (χ2n) is 6.42. The summed E-state index contributed by atoms with van der Waals surface area (Å²) in [6.45, 7) is 5.13. The van der Waals surface area contributed by atoms with E-state index in [4.69, 9.17) is 5.73 Å². The number of amides is 1. The lowest BCUT2D eigenvalue weighted by molar-refractivity contribution is -0.134. The number of carbonyl (C=O) groups is 1. The monoisotopic (exact) mass is 353 g/mol. The Morgan fingerprint density at radius 2 is 2.25 bits per heavy atom. The minimum absolute atomic E-state index is 0. The molecule has 1 saturated heterocycles. The van der Waals surface area contributed by atoms with Crippen molar-refractivity contribution in [3.63, 3.8) is 0 Å². The maximum Gasteiger partial charge on any atom is 0.276 e. The molecule has 0 bridgehead atoms. The maximum absolute atomic E-state index is 12.7. The SMILES string of the molecule is Cc1nc2cc[nH]n2c(=O)c1CC(=O)N1CCC(C)CC1CN.Cl. The van der Waals surface area contributed by atoms with Crippen LogP contribution in [0.5, 0.6) is 0 Å². The summed E-state index contributed by atoms with van der Waals surface area (Å²) < 4.78 is 1.37. The van der Waals surface area contributed by atoms with Crippen LogP contribution < -0.4 is 11.3 Å². The van der Waals surface area contributed by atoms with E-state index in [2.05, 4.69) is 17.0 Å². The van der Waals surface area contributed by atoms with Gasteiger partial charge in [-0.15, -0.1) is 12.4 Å². The van der Waals surface area contributed by atoms with Crippen molar-refractivity contribution in [1.29, 1.82) is 0 Å². The number of aromatic nitrogens is 3. The van der Waals surface area contributed by atoms with E-state index in [1.165, 1.54) is 4.52 Å². The molecule has 2 aromatic rings. The number of nitrogens with one attached hydrogen (secondary N) is 1. The normalized spacial score (nSPS) is 20.9. The van der Waals surface area contributed by atoms with Gasteiger partial charge in [-0.1, -0.05) is 6.92 Å². The summed E-state index contributed by atoms with van der Waals surface area (Å²) in [5, 5.41) is 2.83. The first-order valence-electron chi connectivity index (χ1n) is 8.06. The number of rotatable bonds is 3. The zero-order valence-corrected chi connectivity index (χ0v) is 14.8. The molecule has 3 heterocycles. The lowest BCUT2D eigenvalue weighted by atomic mass is 9.92. The van der Waals surface area contributed by atoms with Crippen LogP contribution in [0.1, 0.15) is 31.0 Å². The summed E-state index contributed by atoms with van der Waals surface area (Å²) in [5.74, 6) is 0.540. The second-order valence-corrected chi connectivity index (χ2v) is 6.42. The molecule has 0 aromatic carbocycles. The Hall–Kier alpha value is -1.86. The Kier molecular flexibility index (Phi) is 5.66. The predicted molar refractivity (Wildman–Crippen MR) is 94.5 cm³/mol. The summed E-state index contributed by atoms with van der Waals surface area (Å²) >= 11 is 0. The fourth-order valence-electron chi connectivity index (χ4n) is 3.37. The van der Waals surface area contributed by atoms with Gasteiger partial charge in [-0.25, -0.2) is 9.50 Å². The number of hydrogen-bond acceptors (Lipinski definition) is 4. The van der Waals surface area contributed by atoms with Gasteiger partial charge in [0.1, 0.15) is 0 Å². The number of hydrogen-bond donors (Lipinski definition) is 2. The number of nitrogens with two attached hydrogens (primary N) is 1. The Balaban J connectivity index is 0.00000208. The molecule has 0 aliphatic carbocycles. The average Bonchev–Trinajstić information content (AvgIpc) is 2.99. The van der Waals surface area contributed by atoms with Crippen LogP contribution in [-0.4, -0.2) is 44.5 Å². The molecule has 1 fully saturated rings. The van der Waals surface area contributed by atoms with Gasteiger partial charge in [0.15, 0.2) is 5.65 Å². The molecule has 2 aromatic heterocycles. The Bertz CT molecular complexity index is 784. The van der Waals surface area contributed by atoms with Crippen LogP contribution in [0.3, 0.4) is 0 Å². The third kappa shape index (κ3) is 3.32. The van der Waals surface area contributed by atoms with Gasteiger partial charge in [0.2, 0.25) is 5.91 Å². The third-order valence-corrected chi connectivity index (χ3v) is 4.74. The smallest absolute Gasteiger partial charge is 0.276 e. The summed E-state index contributed by atoms with van der Waals surface area (Å²) in [7, 11) is 0. The molecule has 8 heteroatoms. The topological polar surface area (TPSA) is 96.5 Å². The fourth-order valence-corrected chi connectivity index (χ4v) is 3.37. The Morgan fingerprint density at radius 3 is 2.96 bits per heavy atom. The summed E-state index contributed by atoms with van der Waals surface area (Å²) in [6.07, 6.45) is 3.64. The second kappa shape index (κ2) is 7.36. The van der Waals surface area contributed by atoms with Crippen molar-refractivity contribution >= 4 is 24.0 Å². The summed E-state index contributed by atoms with van der Waals surface area (Å²) in [6, 6.07) is 1.80. The number of halogens is 1. The molecule has 1 aliphatic heterocycles. The standard InChI is InChI=1S/C16H23N5O2.ClH/c1-10-4-6-20(12(7-10)9-17)15(22)8-13-11(2)19-14-3-5-18-21(14)16(13)23;/h3,5,10,12,18H,4,6-9,17H2,1-2H3;1H. The van der Waals surface area contributed by atoms with Gasteiger partial charge in [-0.3, -0.25) is 14.7 Å². The highest BCUT2D eigenvalue weighted by Crippen LogP contribution is 2.22. The van der Waals surface area contributed by atoms with Crippen LogP contribution in [0.25, 0.3) is 5.65 Å². The van der Waals surface area contributed by atoms with Gasteiger partial charge < -0.3 is 10.6 Å². The summed E-state index contributed by atoms with van der Waals surface area (Å²) in [5.41, 5.74) is 7.24. The van der Waals surface area contributed by atoms with Crippen LogP contribution in [0.4, 0.5) is 0 Å². The van der Waals surface area contributed by atoms with E-state index in [1.807, 2.05) is 4.90 Å². The highest BCUT2D eigenvalue weighted by Gasteiger charge is 2.29. The van der Waals surface area contributed by atoms with E-state index in [0.717, 1.165) is 12.8 Å². The van der Waals surface area contributed by atoms with Crippen molar-refractivity contribution in [2.75, 3.05) is 13.1 Å². The van der Waals surface area contributed by atoms with E-state index in [9.17, 15) is 9.59 Å². The molecule has 0 saturated carbocycles. The molecule has 0 radical (unpaired) electrons. The number of fused-ring (bicyclic) bond motifs is 1. The zero-order valence-electron chi connectivity index (χ0n) is 14.0. The molecule has 7 nitrogen and oxygen atoms in total. The van der Waals surface area contributed by atoms with E-state index >= 15 is 0 Å². The van der Waals surface area contributed by atoms with Crippen molar-refractivity contribution in [3.8, 4) is 0 Å². The molecular formula is C16H24ClN5O2. The van der Waals surface area contributed by atoms with E-state index in [0.29, 0.717) is 35.9 Å². The van der Waals surface area contributed by atoms with Crippen LogP contribution in [0, 0.1) is 12.8 Å². The van der Waals surface area contributed by atoms with Gasteiger partial charge in [-0.2, -0.15) is 0 Å². The average molecular weight is 354 g/mol. The van der Waals surface area contributed by atoms with Crippen LogP contribution in [0.15, 0.2) is 17.1 Å². The molecule has 0 spiro atoms. The van der Waals surface area contributed by atoms with Crippen molar-refractivity contribution in [2.45, 2.75) is 39.2 Å². The van der Waals surface area contributed by atoms with Gasteiger partial charge in [-0.05, 0) is 25.7 Å². The molecule has 1 aliphatic rings. The largest absolute Gasteiger partial charge is 0.338 e. The molecule has 24 heavy (non-hydrogen) atoms. The molecule has 2 atom stereocenters. The molecule has 2 unspecified atom stereocenters. The fraction of sp³-hybridized carbons (Fsp3) is 0.562. The molecule has 132 valence electrons. The maximum atomic E-state index is 12.7. The molecule has 1 amide bonds. The molecule has 3 N–H and O–H groups in total. The van der Waals surface area contributed by atoms with Crippen molar-refractivity contribution in [1.82, 2.24) is 19.5 Å². The first-order chi connectivity index (χ1) is 11.0. The quantitative estimate of drug-likeness (QED) is 0.856. The van der Waals surface area contributed by atoms with Gasteiger partial charge >= 0.3 is 0 Å². The summed E-state index contributed by atoms with van der Waals surface area (Å²) in [4.78, 5) is 31.5. The first kappa shape index (κ1) is 18.5. The first-order valence-corrected chi connectivity index (χ1v) is 8.06. The van der Waals surface area contributed by atoms with Gasteiger partial charge in [0.25, 0.3) is 5.56 Å². The number of aromatic amines is 1.